The van der Waals surface area contributed by atoms with Crippen LogP contribution in [0, 0.1) is 15.9 Å². The van der Waals surface area contributed by atoms with Gasteiger partial charge in [-0.05, 0) is 0 Å². The SMILES string of the molecule is NS(=O)(=O)c1cc(F)c([N+](=O)[O-])c(OC(F)(F)F)n1. The predicted molar refractivity (Wildman–Crippen MR) is 48.9 cm³/mol. The molecule has 0 radical (unpaired) electrons. The van der Waals surface area contributed by atoms with Crippen LogP contribution in [0.25, 0.3) is 0 Å². The Kier molecular flexibility index (Phi) is 3.63. The second kappa shape index (κ2) is 4.58. The Labute approximate surface area is 102 Å². The van der Waals surface area contributed by atoms with E-state index in [0.29, 0.717) is 0 Å². The van der Waals surface area contributed by atoms with Crippen molar-refractivity contribution in [3.8, 4) is 5.88 Å². The molecular formula is C6H3F4N3O5S. The smallest absolute Gasteiger partial charge is 0.380 e. The number of primary sulfonamides is 1. The van der Waals surface area contributed by atoms with Gasteiger partial charge in [-0.25, -0.2) is 13.6 Å². The van der Waals surface area contributed by atoms with E-state index in [4.69, 9.17) is 0 Å². The molecule has 0 aromatic carbocycles. The molecule has 0 fully saturated rings. The minimum Gasteiger partial charge on any atom is -0.380 e. The van der Waals surface area contributed by atoms with E-state index in [1.807, 2.05) is 0 Å². The van der Waals surface area contributed by atoms with Crippen LogP contribution in [0.3, 0.4) is 0 Å². The lowest BCUT2D eigenvalue weighted by Crippen LogP contribution is -2.21. The van der Waals surface area contributed by atoms with Gasteiger partial charge in [0, 0.05) is 6.07 Å². The van der Waals surface area contributed by atoms with Crippen LogP contribution in [0.2, 0.25) is 0 Å². The van der Waals surface area contributed by atoms with Gasteiger partial charge in [-0.1, -0.05) is 0 Å². The van der Waals surface area contributed by atoms with Crippen LogP contribution in [0.5, 0.6) is 5.88 Å². The normalized spacial score (nSPS) is 12.3. The number of sulfonamides is 1. The van der Waals surface area contributed by atoms with Crippen molar-refractivity contribution in [3.05, 3.63) is 22.0 Å². The average Bonchev–Trinajstić information content (AvgIpc) is 2.11. The molecule has 0 aliphatic heterocycles. The lowest BCUT2D eigenvalue weighted by Gasteiger charge is -2.09. The zero-order valence-corrected chi connectivity index (χ0v) is 9.33. The van der Waals surface area contributed by atoms with Crippen molar-refractivity contribution in [2.24, 2.45) is 5.14 Å². The summed E-state index contributed by atoms with van der Waals surface area (Å²) < 4.78 is 73.8. The van der Waals surface area contributed by atoms with Crippen LogP contribution in [0.1, 0.15) is 0 Å². The average molecular weight is 305 g/mol. The van der Waals surface area contributed by atoms with Gasteiger partial charge in [0.1, 0.15) is 0 Å². The van der Waals surface area contributed by atoms with E-state index in [-0.39, 0.29) is 6.07 Å². The first-order valence-electron chi connectivity index (χ1n) is 4.05. The fraction of sp³-hybridized carbons (Fsp3) is 0.167. The molecule has 0 unspecified atom stereocenters. The first-order chi connectivity index (χ1) is 8.42. The largest absolute Gasteiger partial charge is 0.574 e. The first-order valence-corrected chi connectivity index (χ1v) is 5.60. The molecule has 1 rings (SSSR count). The van der Waals surface area contributed by atoms with Crippen molar-refractivity contribution in [1.29, 1.82) is 0 Å². The Morgan fingerprint density at radius 2 is 1.95 bits per heavy atom. The van der Waals surface area contributed by atoms with E-state index in [0.717, 1.165) is 0 Å². The van der Waals surface area contributed by atoms with Crippen LogP contribution in [-0.4, -0.2) is 24.7 Å². The van der Waals surface area contributed by atoms with Gasteiger partial charge in [0.05, 0.1) is 4.92 Å². The molecule has 1 heterocycles. The van der Waals surface area contributed by atoms with Crippen LogP contribution in [0.15, 0.2) is 11.1 Å². The highest BCUT2D eigenvalue weighted by atomic mass is 32.2. The Bertz CT molecular complexity index is 628. The molecule has 2 N–H and O–H groups in total. The standard InChI is InChI=1S/C6H3F4N3O5S/c7-2-1-3(19(11,16)17)12-5(4(2)13(14)15)18-6(8,9)10/h1H,(H2,11,16,17). The molecule has 0 bridgehead atoms. The van der Waals surface area contributed by atoms with Gasteiger partial charge in [0.25, 0.3) is 10.0 Å². The molecule has 106 valence electrons. The van der Waals surface area contributed by atoms with Crippen molar-refractivity contribution in [2.75, 3.05) is 0 Å². The number of pyridine rings is 1. The summed E-state index contributed by atoms with van der Waals surface area (Å²) in [6.45, 7) is 0. The number of nitrogens with zero attached hydrogens (tertiary/aromatic N) is 2. The van der Waals surface area contributed by atoms with E-state index in [9.17, 15) is 36.1 Å². The van der Waals surface area contributed by atoms with Crippen molar-refractivity contribution in [3.63, 3.8) is 0 Å². The maximum absolute atomic E-state index is 13.2. The second-order valence-corrected chi connectivity index (χ2v) is 4.45. The number of halogens is 4. The Morgan fingerprint density at radius 3 is 2.32 bits per heavy atom. The summed E-state index contributed by atoms with van der Waals surface area (Å²) in [6, 6.07) is 0.0106. The van der Waals surface area contributed by atoms with Crippen LogP contribution >= 0.6 is 0 Å². The fourth-order valence-corrected chi connectivity index (χ4v) is 1.43. The highest BCUT2D eigenvalue weighted by molar-refractivity contribution is 7.89. The number of alkyl halides is 3. The van der Waals surface area contributed by atoms with E-state index in [1.165, 1.54) is 0 Å². The fourth-order valence-electron chi connectivity index (χ4n) is 0.956. The lowest BCUT2D eigenvalue weighted by atomic mass is 10.4. The van der Waals surface area contributed by atoms with E-state index < -0.39 is 43.7 Å². The summed E-state index contributed by atoms with van der Waals surface area (Å²) in [7, 11) is -4.67. The number of rotatable bonds is 3. The third-order valence-corrected chi connectivity index (χ3v) is 2.37. The van der Waals surface area contributed by atoms with Crippen molar-refractivity contribution in [2.45, 2.75) is 11.4 Å². The summed E-state index contributed by atoms with van der Waals surface area (Å²) in [6.07, 6.45) is -5.43. The number of nitro groups is 1. The maximum atomic E-state index is 13.2. The van der Waals surface area contributed by atoms with Crippen LogP contribution < -0.4 is 9.88 Å². The summed E-state index contributed by atoms with van der Waals surface area (Å²) in [4.78, 5) is 11.5. The van der Waals surface area contributed by atoms with Gasteiger partial charge in [0.2, 0.25) is 5.82 Å². The summed E-state index contributed by atoms with van der Waals surface area (Å²) in [5.41, 5.74) is -1.76. The van der Waals surface area contributed by atoms with E-state index in [2.05, 4.69) is 14.9 Å². The lowest BCUT2D eigenvalue weighted by molar-refractivity contribution is -0.392. The minimum atomic E-state index is -5.43. The molecule has 0 aliphatic rings. The maximum Gasteiger partial charge on any atom is 0.574 e. The zero-order valence-electron chi connectivity index (χ0n) is 8.51. The molecule has 1 aromatic rings. The van der Waals surface area contributed by atoms with Crippen molar-refractivity contribution in [1.82, 2.24) is 4.98 Å². The van der Waals surface area contributed by atoms with Gasteiger partial charge in [-0.2, -0.15) is 9.37 Å². The van der Waals surface area contributed by atoms with Gasteiger partial charge in [-0.3, -0.25) is 10.1 Å². The van der Waals surface area contributed by atoms with Gasteiger partial charge >= 0.3 is 17.9 Å². The molecule has 0 amide bonds. The Hall–Kier alpha value is -2.02. The van der Waals surface area contributed by atoms with Gasteiger partial charge < -0.3 is 4.74 Å². The Balaban J connectivity index is 3.55. The molecular weight excluding hydrogens is 302 g/mol. The van der Waals surface area contributed by atoms with E-state index >= 15 is 0 Å². The number of ether oxygens (including phenoxy) is 1. The number of nitrogens with two attached hydrogens (primary N) is 1. The van der Waals surface area contributed by atoms with Crippen LogP contribution in [0.4, 0.5) is 23.2 Å². The monoisotopic (exact) mass is 305 g/mol. The summed E-state index contributed by atoms with van der Waals surface area (Å²) in [5.74, 6) is -3.75. The van der Waals surface area contributed by atoms with Gasteiger partial charge in [-0.15, -0.1) is 13.2 Å². The topological polar surface area (TPSA) is 125 Å². The number of aromatic nitrogens is 1. The number of hydrogen-bond donors (Lipinski definition) is 1. The summed E-state index contributed by atoms with van der Waals surface area (Å²) >= 11 is 0. The molecule has 0 saturated carbocycles. The van der Waals surface area contributed by atoms with Crippen LogP contribution in [-0.2, 0) is 10.0 Å². The third kappa shape index (κ3) is 3.72. The molecule has 1 aromatic heterocycles. The Morgan fingerprint density at radius 1 is 1.42 bits per heavy atom. The molecule has 19 heavy (non-hydrogen) atoms. The molecule has 0 atom stereocenters. The number of hydrogen-bond acceptors (Lipinski definition) is 6. The highest BCUT2D eigenvalue weighted by Gasteiger charge is 2.38. The van der Waals surface area contributed by atoms with Crippen molar-refractivity contribution < 1.29 is 35.6 Å². The van der Waals surface area contributed by atoms with Crippen molar-refractivity contribution >= 4 is 15.7 Å². The highest BCUT2D eigenvalue weighted by Crippen LogP contribution is 2.33. The van der Waals surface area contributed by atoms with Gasteiger partial charge in [0.15, 0.2) is 5.03 Å². The molecule has 0 saturated heterocycles. The molecule has 0 spiro atoms. The minimum absolute atomic E-state index is 0.0106. The first kappa shape index (κ1) is 15.0. The molecule has 8 nitrogen and oxygen atoms in total. The van der Waals surface area contributed by atoms with E-state index in [1.54, 1.807) is 0 Å². The molecule has 0 aliphatic carbocycles. The molecule has 13 heteroatoms. The second-order valence-electron chi connectivity index (χ2n) is 2.95. The quantitative estimate of drug-likeness (QED) is 0.497. The third-order valence-electron chi connectivity index (χ3n) is 1.58. The zero-order chi connectivity index (χ0) is 15.0. The predicted octanol–water partition coefficient (Wildman–Crippen LogP) is 0.675. The summed E-state index contributed by atoms with van der Waals surface area (Å²) in [5, 5.41) is 13.6.